The van der Waals surface area contributed by atoms with Crippen molar-refractivity contribution in [3.05, 3.63) is 12.2 Å². The molecule has 0 saturated heterocycles. The fourth-order valence-corrected chi connectivity index (χ4v) is 1.33. The lowest BCUT2D eigenvalue weighted by Gasteiger charge is -2.06. The first-order valence-electron chi connectivity index (χ1n) is 5.70. The molecule has 84 valence electrons. The second-order valence-electron chi connectivity index (χ2n) is 3.75. The van der Waals surface area contributed by atoms with E-state index in [1.54, 1.807) is 0 Å². The molecule has 0 bridgehead atoms. The van der Waals surface area contributed by atoms with Crippen LogP contribution in [-0.4, -0.2) is 26.8 Å². The van der Waals surface area contributed by atoms with Crippen LogP contribution in [0.3, 0.4) is 0 Å². The van der Waals surface area contributed by atoms with Crippen LogP contribution in [0.4, 0.5) is 0 Å². The molecule has 0 aromatic heterocycles. The highest BCUT2D eigenvalue weighted by molar-refractivity contribution is 4.96. The first kappa shape index (κ1) is 13.7. The summed E-state index contributed by atoms with van der Waals surface area (Å²) in [5.41, 5.74) is 1.13. The standard InChI is InChI=1S/C12H25NO/c1-4-5-6-7-8-9-14-11-12(2)10-13-3/h13H,2,4-11H2,1,3H3. The Labute approximate surface area is 88.7 Å². The summed E-state index contributed by atoms with van der Waals surface area (Å²) in [4.78, 5) is 0. The summed E-state index contributed by atoms with van der Waals surface area (Å²) in [6.45, 7) is 8.58. The molecule has 0 aliphatic rings. The van der Waals surface area contributed by atoms with Crippen molar-refractivity contribution in [2.45, 2.75) is 39.0 Å². The van der Waals surface area contributed by atoms with E-state index in [2.05, 4.69) is 18.8 Å². The molecule has 0 unspecified atom stereocenters. The molecular weight excluding hydrogens is 174 g/mol. The number of rotatable bonds is 10. The molecule has 2 heteroatoms. The van der Waals surface area contributed by atoms with Gasteiger partial charge in [-0.15, -0.1) is 0 Å². The molecule has 14 heavy (non-hydrogen) atoms. The molecule has 1 N–H and O–H groups in total. The van der Waals surface area contributed by atoms with Gasteiger partial charge in [-0.25, -0.2) is 0 Å². The number of likely N-dealkylation sites (N-methyl/N-ethyl adjacent to an activating group) is 1. The minimum Gasteiger partial charge on any atom is -0.377 e. The molecule has 0 rings (SSSR count). The fourth-order valence-electron chi connectivity index (χ4n) is 1.33. The van der Waals surface area contributed by atoms with Crippen LogP contribution < -0.4 is 5.32 Å². The summed E-state index contributed by atoms with van der Waals surface area (Å²) in [6, 6.07) is 0. The van der Waals surface area contributed by atoms with E-state index in [1.807, 2.05) is 7.05 Å². The maximum atomic E-state index is 5.49. The van der Waals surface area contributed by atoms with Crippen LogP contribution in [0.15, 0.2) is 12.2 Å². The lowest BCUT2D eigenvalue weighted by atomic mass is 10.2. The summed E-state index contributed by atoms with van der Waals surface area (Å²) < 4.78 is 5.49. The zero-order valence-corrected chi connectivity index (χ0v) is 9.77. The van der Waals surface area contributed by atoms with Gasteiger partial charge in [0.25, 0.3) is 0 Å². The van der Waals surface area contributed by atoms with E-state index in [1.165, 1.54) is 32.1 Å². The second-order valence-corrected chi connectivity index (χ2v) is 3.75. The normalized spacial score (nSPS) is 10.4. The van der Waals surface area contributed by atoms with Crippen molar-refractivity contribution in [1.29, 1.82) is 0 Å². The van der Waals surface area contributed by atoms with E-state index < -0.39 is 0 Å². The van der Waals surface area contributed by atoms with Crippen molar-refractivity contribution in [3.63, 3.8) is 0 Å². The molecule has 2 nitrogen and oxygen atoms in total. The number of hydrogen-bond donors (Lipinski definition) is 1. The van der Waals surface area contributed by atoms with Gasteiger partial charge in [0.15, 0.2) is 0 Å². The van der Waals surface area contributed by atoms with Gasteiger partial charge in [-0.05, 0) is 19.0 Å². The average Bonchev–Trinajstić information content (AvgIpc) is 2.17. The van der Waals surface area contributed by atoms with E-state index in [4.69, 9.17) is 4.74 Å². The minimum atomic E-state index is 0.703. The van der Waals surface area contributed by atoms with Crippen LogP contribution in [-0.2, 0) is 4.74 Å². The lowest BCUT2D eigenvalue weighted by Crippen LogP contribution is -2.13. The third-order valence-corrected chi connectivity index (χ3v) is 2.13. The van der Waals surface area contributed by atoms with Crippen LogP contribution in [0.2, 0.25) is 0 Å². The maximum absolute atomic E-state index is 5.49. The van der Waals surface area contributed by atoms with Gasteiger partial charge in [0, 0.05) is 13.2 Å². The predicted molar refractivity (Wildman–Crippen MR) is 62.6 cm³/mol. The van der Waals surface area contributed by atoms with Gasteiger partial charge in [-0.1, -0.05) is 39.2 Å². The van der Waals surface area contributed by atoms with Crippen LogP contribution in [0.5, 0.6) is 0 Å². The van der Waals surface area contributed by atoms with Gasteiger partial charge in [-0.2, -0.15) is 0 Å². The molecule has 0 amide bonds. The highest BCUT2D eigenvalue weighted by Crippen LogP contribution is 2.02. The summed E-state index contributed by atoms with van der Waals surface area (Å²) in [7, 11) is 1.93. The molecule has 0 heterocycles. The van der Waals surface area contributed by atoms with E-state index >= 15 is 0 Å². The fraction of sp³-hybridized carbons (Fsp3) is 0.833. The van der Waals surface area contributed by atoms with E-state index in [-0.39, 0.29) is 0 Å². The molecule has 0 aliphatic carbocycles. The average molecular weight is 199 g/mol. The third-order valence-electron chi connectivity index (χ3n) is 2.13. The largest absolute Gasteiger partial charge is 0.377 e. The molecule has 0 fully saturated rings. The van der Waals surface area contributed by atoms with E-state index in [0.717, 1.165) is 18.7 Å². The summed E-state index contributed by atoms with van der Waals surface area (Å²) >= 11 is 0. The van der Waals surface area contributed by atoms with Crippen molar-refractivity contribution < 1.29 is 4.74 Å². The molecule has 0 radical (unpaired) electrons. The van der Waals surface area contributed by atoms with Gasteiger partial charge in [0.05, 0.1) is 6.61 Å². The van der Waals surface area contributed by atoms with Crippen LogP contribution in [0.25, 0.3) is 0 Å². The number of hydrogen-bond acceptors (Lipinski definition) is 2. The number of ether oxygens (including phenoxy) is 1. The predicted octanol–water partition coefficient (Wildman–Crippen LogP) is 2.75. The first-order valence-corrected chi connectivity index (χ1v) is 5.70. The van der Waals surface area contributed by atoms with Crippen molar-refractivity contribution in [3.8, 4) is 0 Å². The Morgan fingerprint density at radius 1 is 1.21 bits per heavy atom. The Bertz CT molecular complexity index is 134. The molecular formula is C12H25NO. The highest BCUT2D eigenvalue weighted by Gasteiger charge is 1.93. The van der Waals surface area contributed by atoms with Crippen LogP contribution >= 0.6 is 0 Å². The van der Waals surface area contributed by atoms with Gasteiger partial charge < -0.3 is 10.1 Å². The molecule has 0 aliphatic heterocycles. The first-order chi connectivity index (χ1) is 6.81. The third kappa shape index (κ3) is 9.75. The monoisotopic (exact) mass is 199 g/mol. The van der Waals surface area contributed by atoms with Gasteiger partial charge >= 0.3 is 0 Å². The summed E-state index contributed by atoms with van der Waals surface area (Å²) in [6.07, 6.45) is 6.49. The quantitative estimate of drug-likeness (QED) is 0.431. The van der Waals surface area contributed by atoms with Gasteiger partial charge in [0.1, 0.15) is 0 Å². The van der Waals surface area contributed by atoms with Gasteiger partial charge in [-0.3, -0.25) is 0 Å². The lowest BCUT2D eigenvalue weighted by molar-refractivity contribution is 0.150. The SMILES string of the molecule is C=C(CNC)COCCCCCCC. The molecule has 0 aromatic rings. The molecule has 0 aromatic carbocycles. The topological polar surface area (TPSA) is 21.3 Å². The zero-order valence-electron chi connectivity index (χ0n) is 9.77. The van der Waals surface area contributed by atoms with Crippen molar-refractivity contribution in [2.24, 2.45) is 0 Å². The van der Waals surface area contributed by atoms with Crippen LogP contribution in [0.1, 0.15) is 39.0 Å². The summed E-state index contributed by atoms with van der Waals surface area (Å²) in [5, 5.41) is 3.06. The highest BCUT2D eigenvalue weighted by atomic mass is 16.5. The Morgan fingerprint density at radius 3 is 2.57 bits per heavy atom. The van der Waals surface area contributed by atoms with E-state index in [0.29, 0.717) is 6.61 Å². The number of nitrogens with one attached hydrogen (secondary N) is 1. The van der Waals surface area contributed by atoms with Crippen molar-refractivity contribution in [2.75, 3.05) is 26.8 Å². The van der Waals surface area contributed by atoms with Crippen LogP contribution in [0, 0.1) is 0 Å². The van der Waals surface area contributed by atoms with Crippen molar-refractivity contribution in [1.82, 2.24) is 5.32 Å². The zero-order chi connectivity index (χ0) is 10.6. The molecule has 0 saturated carbocycles. The Balaban J connectivity index is 3.01. The molecule has 0 spiro atoms. The Morgan fingerprint density at radius 2 is 1.93 bits per heavy atom. The molecule has 0 atom stereocenters. The number of unbranched alkanes of at least 4 members (excludes halogenated alkanes) is 4. The Kier molecular flexibility index (Phi) is 10.5. The smallest absolute Gasteiger partial charge is 0.0686 e. The second kappa shape index (κ2) is 10.7. The van der Waals surface area contributed by atoms with Crippen molar-refractivity contribution >= 4 is 0 Å². The summed E-state index contributed by atoms with van der Waals surface area (Å²) in [5.74, 6) is 0. The minimum absolute atomic E-state index is 0.703. The van der Waals surface area contributed by atoms with Gasteiger partial charge in [0.2, 0.25) is 0 Å². The maximum Gasteiger partial charge on any atom is 0.0686 e. The van der Waals surface area contributed by atoms with E-state index in [9.17, 15) is 0 Å². The Hall–Kier alpha value is -0.340.